The molecule has 0 radical (unpaired) electrons. The Morgan fingerprint density at radius 3 is 2.79 bits per heavy atom. The summed E-state index contributed by atoms with van der Waals surface area (Å²) in [6, 6.07) is 1.28. The van der Waals surface area contributed by atoms with Crippen molar-refractivity contribution in [3.63, 3.8) is 0 Å². The summed E-state index contributed by atoms with van der Waals surface area (Å²) in [5.74, 6) is -0.194. The van der Waals surface area contributed by atoms with Crippen molar-refractivity contribution in [2.24, 2.45) is 5.92 Å². The molecule has 102 valence electrons. The van der Waals surface area contributed by atoms with E-state index in [-0.39, 0.29) is 5.56 Å². The molecule has 1 saturated carbocycles. The molecule has 7 heteroatoms. The van der Waals surface area contributed by atoms with Crippen LogP contribution in [0.25, 0.3) is 0 Å². The number of carboxylic acids is 1. The van der Waals surface area contributed by atoms with Gasteiger partial charge in [0.15, 0.2) is 0 Å². The van der Waals surface area contributed by atoms with Crippen LogP contribution in [-0.2, 0) is 0 Å². The van der Waals surface area contributed by atoms with Gasteiger partial charge in [-0.05, 0) is 25.7 Å². The summed E-state index contributed by atoms with van der Waals surface area (Å²) in [7, 11) is 0. The Kier molecular flexibility index (Phi) is 3.64. The van der Waals surface area contributed by atoms with Crippen LogP contribution in [0.4, 0.5) is 11.5 Å². The van der Waals surface area contributed by atoms with Gasteiger partial charge in [0, 0.05) is 19.2 Å². The zero-order chi connectivity index (χ0) is 14.0. The number of pyridine rings is 1. The molecule has 0 aliphatic heterocycles. The van der Waals surface area contributed by atoms with Crippen LogP contribution in [0.2, 0.25) is 0 Å². The van der Waals surface area contributed by atoms with E-state index in [9.17, 15) is 14.9 Å². The van der Waals surface area contributed by atoms with E-state index >= 15 is 0 Å². The van der Waals surface area contributed by atoms with E-state index in [1.807, 2.05) is 11.8 Å². The van der Waals surface area contributed by atoms with Gasteiger partial charge in [0.1, 0.15) is 17.6 Å². The smallest absolute Gasteiger partial charge is 0.342 e. The molecule has 0 spiro atoms. The fraction of sp³-hybridized carbons (Fsp3) is 0.500. The largest absolute Gasteiger partial charge is 0.477 e. The third kappa shape index (κ3) is 2.98. The molecule has 0 bridgehead atoms. The Labute approximate surface area is 110 Å². The zero-order valence-electron chi connectivity index (χ0n) is 10.6. The van der Waals surface area contributed by atoms with Gasteiger partial charge in [-0.15, -0.1) is 0 Å². The van der Waals surface area contributed by atoms with Gasteiger partial charge in [0.25, 0.3) is 0 Å². The highest BCUT2D eigenvalue weighted by molar-refractivity contribution is 5.93. The molecule has 1 aromatic rings. The average molecular weight is 265 g/mol. The first-order chi connectivity index (χ1) is 9.02. The minimum Gasteiger partial charge on any atom is -0.477 e. The topological polar surface area (TPSA) is 96.6 Å². The Bertz CT molecular complexity index is 514. The second-order valence-electron chi connectivity index (χ2n) is 4.60. The minimum atomic E-state index is -1.31. The number of rotatable bonds is 6. The Morgan fingerprint density at radius 2 is 2.32 bits per heavy atom. The third-order valence-electron chi connectivity index (χ3n) is 3.18. The van der Waals surface area contributed by atoms with Crippen molar-refractivity contribution in [2.45, 2.75) is 19.8 Å². The number of hydrogen-bond donors (Lipinski definition) is 1. The van der Waals surface area contributed by atoms with Crippen molar-refractivity contribution in [3.05, 3.63) is 27.9 Å². The molecule has 1 heterocycles. The van der Waals surface area contributed by atoms with Gasteiger partial charge in [-0.1, -0.05) is 0 Å². The van der Waals surface area contributed by atoms with Crippen LogP contribution in [0.15, 0.2) is 12.3 Å². The molecule has 19 heavy (non-hydrogen) atoms. The molecule has 1 aromatic heterocycles. The molecule has 0 unspecified atom stereocenters. The highest BCUT2D eigenvalue weighted by Gasteiger charge is 2.26. The van der Waals surface area contributed by atoms with E-state index in [2.05, 4.69) is 4.98 Å². The summed E-state index contributed by atoms with van der Waals surface area (Å²) in [5.41, 5.74) is -0.789. The maximum absolute atomic E-state index is 11.1. The number of aromatic carboxylic acids is 1. The molecule has 2 rings (SSSR count). The standard InChI is InChI=1S/C12H15N3O4/c1-2-14(7-8-3-4-8)11-5-9(12(16)17)10(6-13-11)15(18)19/h5-6,8H,2-4,7H2,1H3,(H,16,17). The quantitative estimate of drug-likeness (QED) is 0.623. The number of carboxylic acid groups (broad SMARTS) is 1. The van der Waals surface area contributed by atoms with Crippen LogP contribution in [0.1, 0.15) is 30.1 Å². The van der Waals surface area contributed by atoms with E-state index in [0.717, 1.165) is 12.7 Å². The number of carbonyl (C=O) groups is 1. The fourth-order valence-electron chi connectivity index (χ4n) is 1.92. The molecule has 1 aliphatic rings. The van der Waals surface area contributed by atoms with Crippen LogP contribution in [-0.4, -0.2) is 34.1 Å². The molecule has 0 amide bonds. The lowest BCUT2D eigenvalue weighted by atomic mass is 10.2. The molecule has 0 atom stereocenters. The van der Waals surface area contributed by atoms with Gasteiger partial charge in [-0.2, -0.15) is 0 Å². The van der Waals surface area contributed by atoms with Crippen molar-refractivity contribution < 1.29 is 14.8 Å². The van der Waals surface area contributed by atoms with E-state index in [0.29, 0.717) is 18.3 Å². The number of anilines is 1. The van der Waals surface area contributed by atoms with Crippen LogP contribution in [0.3, 0.4) is 0 Å². The lowest BCUT2D eigenvalue weighted by molar-refractivity contribution is -0.385. The highest BCUT2D eigenvalue weighted by atomic mass is 16.6. The van der Waals surface area contributed by atoms with Gasteiger partial charge in [-0.25, -0.2) is 9.78 Å². The van der Waals surface area contributed by atoms with Crippen molar-refractivity contribution >= 4 is 17.5 Å². The van der Waals surface area contributed by atoms with Crippen molar-refractivity contribution in [3.8, 4) is 0 Å². The Balaban J connectivity index is 2.32. The predicted octanol–water partition coefficient (Wildman–Crippen LogP) is 1.92. The Hall–Kier alpha value is -2.18. The second-order valence-corrected chi connectivity index (χ2v) is 4.60. The first-order valence-corrected chi connectivity index (χ1v) is 6.15. The molecule has 0 aromatic carbocycles. The lowest BCUT2D eigenvalue weighted by Gasteiger charge is -2.21. The minimum absolute atomic E-state index is 0.316. The maximum atomic E-state index is 11.1. The van der Waals surface area contributed by atoms with Gasteiger partial charge >= 0.3 is 11.7 Å². The molecule has 1 N–H and O–H groups in total. The van der Waals surface area contributed by atoms with Gasteiger partial charge in [0.2, 0.25) is 0 Å². The first kappa shape index (κ1) is 13.3. The Morgan fingerprint density at radius 1 is 1.63 bits per heavy atom. The molecule has 0 saturated heterocycles. The maximum Gasteiger partial charge on any atom is 0.342 e. The van der Waals surface area contributed by atoms with Crippen LogP contribution in [0, 0.1) is 16.0 Å². The normalized spacial score (nSPS) is 14.2. The highest BCUT2D eigenvalue weighted by Crippen LogP contribution is 2.31. The summed E-state index contributed by atoms with van der Waals surface area (Å²) in [5, 5.41) is 19.8. The summed E-state index contributed by atoms with van der Waals surface area (Å²) < 4.78 is 0. The first-order valence-electron chi connectivity index (χ1n) is 6.15. The van der Waals surface area contributed by atoms with Gasteiger partial charge in [0.05, 0.1) is 4.92 Å². The zero-order valence-corrected chi connectivity index (χ0v) is 10.6. The number of aromatic nitrogens is 1. The van der Waals surface area contributed by atoms with E-state index < -0.39 is 16.6 Å². The van der Waals surface area contributed by atoms with E-state index in [1.165, 1.54) is 18.9 Å². The fourth-order valence-corrected chi connectivity index (χ4v) is 1.92. The molecular weight excluding hydrogens is 250 g/mol. The number of hydrogen-bond acceptors (Lipinski definition) is 5. The second kappa shape index (κ2) is 5.21. The van der Waals surface area contributed by atoms with E-state index in [4.69, 9.17) is 5.11 Å². The summed E-state index contributed by atoms with van der Waals surface area (Å²) in [6.07, 6.45) is 3.37. The SMILES string of the molecule is CCN(CC1CC1)c1cc(C(=O)O)c([N+](=O)[O-])cn1. The molecular formula is C12H15N3O4. The molecule has 1 fully saturated rings. The lowest BCUT2D eigenvalue weighted by Crippen LogP contribution is -2.26. The van der Waals surface area contributed by atoms with Crippen molar-refractivity contribution in [2.75, 3.05) is 18.0 Å². The summed E-state index contributed by atoms with van der Waals surface area (Å²) >= 11 is 0. The third-order valence-corrected chi connectivity index (χ3v) is 3.18. The monoisotopic (exact) mass is 265 g/mol. The van der Waals surface area contributed by atoms with Crippen LogP contribution >= 0.6 is 0 Å². The van der Waals surface area contributed by atoms with E-state index in [1.54, 1.807) is 0 Å². The predicted molar refractivity (Wildman–Crippen MR) is 68.5 cm³/mol. The summed E-state index contributed by atoms with van der Waals surface area (Å²) in [4.78, 5) is 27.1. The van der Waals surface area contributed by atoms with Gasteiger partial charge < -0.3 is 10.0 Å². The number of nitro groups is 1. The van der Waals surface area contributed by atoms with Crippen molar-refractivity contribution in [1.82, 2.24) is 4.98 Å². The average Bonchev–Trinajstić information content (AvgIpc) is 3.19. The molecule has 7 nitrogen and oxygen atoms in total. The van der Waals surface area contributed by atoms with Crippen molar-refractivity contribution in [1.29, 1.82) is 0 Å². The van der Waals surface area contributed by atoms with Gasteiger partial charge in [-0.3, -0.25) is 10.1 Å². The number of nitrogens with zero attached hydrogens (tertiary/aromatic N) is 3. The van der Waals surface area contributed by atoms with Crippen LogP contribution in [0.5, 0.6) is 0 Å². The van der Waals surface area contributed by atoms with Crippen LogP contribution < -0.4 is 4.90 Å². The molecule has 1 aliphatic carbocycles. The summed E-state index contributed by atoms with van der Waals surface area (Å²) in [6.45, 7) is 3.46.